The van der Waals surface area contributed by atoms with Gasteiger partial charge in [0.05, 0.1) is 0 Å². The molecule has 0 saturated heterocycles. The average molecular weight is 123 g/mol. The van der Waals surface area contributed by atoms with Crippen LogP contribution in [0, 0.1) is 0 Å². The molecule has 2 nitrogen and oxygen atoms in total. The topological polar surface area (TPSA) is 63.0 Å². The van der Waals surface area contributed by atoms with Crippen molar-refractivity contribution in [1.82, 2.24) is 0 Å². The number of hydrogen-bond acceptors (Lipinski definition) is 0. The molecule has 0 aliphatic carbocycles. The van der Waals surface area contributed by atoms with Gasteiger partial charge in [-0.25, -0.2) is 0 Å². The maximum Gasteiger partial charge on any atom is 0 e. The van der Waals surface area contributed by atoms with E-state index in [1.165, 1.54) is 0 Å². The molecule has 0 saturated carbocycles. The van der Waals surface area contributed by atoms with Crippen molar-refractivity contribution in [1.29, 1.82) is 0 Å². The van der Waals surface area contributed by atoms with Crippen LogP contribution in [0.25, 0.3) is 0 Å². The van der Waals surface area contributed by atoms with Gasteiger partial charge < -0.3 is 11.0 Å². The summed E-state index contributed by atoms with van der Waals surface area (Å²) in [5, 5.41) is 0. The van der Waals surface area contributed by atoms with Gasteiger partial charge in [0.2, 0.25) is 0 Å². The minimum atomic E-state index is 0. The van der Waals surface area contributed by atoms with Gasteiger partial charge in [-0.2, -0.15) is 0 Å². The van der Waals surface area contributed by atoms with Crippen LogP contribution in [0.15, 0.2) is 0 Å². The van der Waals surface area contributed by atoms with E-state index in [1.807, 2.05) is 0 Å². The van der Waals surface area contributed by atoms with Gasteiger partial charge in [0.15, 0.2) is 0 Å². The summed E-state index contributed by atoms with van der Waals surface area (Å²) in [6.45, 7) is 0. The fourth-order valence-corrected chi connectivity index (χ4v) is 0. The molecule has 0 aromatic carbocycles. The molecular weight excluding hydrogens is 119 g/mol. The number of hydrogen-bond donors (Lipinski definition) is 0. The molecule has 4 N–H and O–H groups in total. The van der Waals surface area contributed by atoms with Crippen molar-refractivity contribution in [3.8, 4) is 0 Å². The summed E-state index contributed by atoms with van der Waals surface area (Å²) in [6, 6.07) is 0. The van der Waals surface area contributed by atoms with Crippen molar-refractivity contribution < 1.29 is 28.0 Å². The summed E-state index contributed by atoms with van der Waals surface area (Å²) < 4.78 is 0. The third-order valence-corrected chi connectivity index (χ3v) is 0. The average Bonchev–Trinajstić information content (AvgIpc) is 0. The molecule has 4 heteroatoms. The smallest absolute Gasteiger partial charge is 0 e. The van der Waals surface area contributed by atoms with E-state index < -0.39 is 0 Å². The predicted molar refractivity (Wildman–Crippen MR) is 13.0 cm³/mol. The van der Waals surface area contributed by atoms with Crippen molar-refractivity contribution in [2.75, 3.05) is 0 Å². The largest absolute Gasteiger partial charge is 0.412 e. The summed E-state index contributed by atoms with van der Waals surface area (Å²) in [5.41, 5.74) is 0. The zero-order chi connectivity index (χ0) is 0. The van der Waals surface area contributed by atoms with Gasteiger partial charge in [0.25, 0.3) is 0 Å². The van der Waals surface area contributed by atoms with Crippen LogP contribution in [-0.4, -0.2) is 40.5 Å². The van der Waals surface area contributed by atoms with Crippen LogP contribution in [-0.2, 0) is 17.1 Å². The van der Waals surface area contributed by atoms with Crippen LogP contribution < -0.4 is 0 Å². The van der Waals surface area contributed by atoms with Gasteiger partial charge in [0.1, 0.15) is 0 Å². The Morgan fingerprint density at radius 3 is 0.750 bits per heavy atom. The summed E-state index contributed by atoms with van der Waals surface area (Å²) in [7, 11) is 0. The van der Waals surface area contributed by atoms with Crippen LogP contribution >= 0.6 is 0 Å². The van der Waals surface area contributed by atoms with Gasteiger partial charge in [-0.3, -0.25) is 0 Å². The molecule has 2 radical (unpaired) electrons. The second-order valence-electron chi connectivity index (χ2n) is 0. The van der Waals surface area contributed by atoms with Crippen LogP contribution in [0.5, 0.6) is 0 Å². The first kappa shape index (κ1) is 51.7. The summed E-state index contributed by atoms with van der Waals surface area (Å²) in [4.78, 5) is 0. The van der Waals surface area contributed by atoms with Gasteiger partial charge in [-0.15, -0.1) is 0 Å². The first-order valence-corrected chi connectivity index (χ1v) is 0. The molecule has 0 aliphatic heterocycles. The molecule has 0 spiro atoms. The van der Waals surface area contributed by atoms with Crippen molar-refractivity contribution in [2.24, 2.45) is 0 Å². The summed E-state index contributed by atoms with van der Waals surface area (Å²) in [5.74, 6) is 0. The van der Waals surface area contributed by atoms with Gasteiger partial charge in [0, 0.05) is 46.6 Å². The Hall–Kier alpha value is 1.44. The first-order chi connectivity index (χ1) is 0. The van der Waals surface area contributed by atoms with Crippen molar-refractivity contribution >= 4 is 29.6 Å². The molecule has 0 bridgehead atoms. The molecule has 4 heavy (non-hydrogen) atoms. The van der Waals surface area contributed by atoms with Crippen LogP contribution in [0.3, 0.4) is 0 Å². The van der Waals surface area contributed by atoms with Gasteiger partial charge >= 0.3 is 0 Å². The SMILES string of the molecule is O.O.[Cu].[Na]. The van der Waals surface area contributed by atoms with E-state index in [0.29, 0.717) is 0 Å². The van der Waals surface area contributed by atoms with Crippen LogP contribution in [0.4, 0.5) is 0 Å². The summed E-state index contributed by atoms with van der Waals surface area (Å²) in [6.07, 6.45) is 0. The Morgan fingerprint density at radius 2 is 0.750 bits per heavy atom. The molecule has 28 valence electrons. The van der Waals surface area contributed by atoms with E-state index in [9.17, 15) is 0 Å². The fraction of sp³-hybridized carbons (Fsp3) is 0. The summed E-state index contributed by atoms with van der Waals surface area (Å²) >= 11 is 0. The Balaban J connectivity index is 0. The van der Waals surface area contributed by atoms with Gasteiger partial charge in [-0.1, -0.05) is 0 Å². The molecule has 0 amide bonds. The third kappa shape index (κ3) is 9.88. The molecule has 0 unspecified atom stereocenters. The second kappa shape index (κ2) is 25.3. The predicted octanol–water partition coefficient (Wildman–Crippen LogP) is -2.03. The van der Waals surface area contributed by atoms with E-state index in [0.717, 1.165) is 0 Å². The Morgan fingerprint density at radius 1 is 0.750 bits per heavy atom. The van der Waals surface area contributed by atoms with E-state index in [4.69, 9.17) is 0 Å². The Bertz CT molecular complexity index is 6.00. The van der Waals surface area contributed by atoms with E-state index in [2.05, 4.69) is 0 Å². The minimum Gasteiger partial charge on any atom is -0.412 e. The molecule has 0 rings (SSSR count). The first-order valence-electron chi connectivity index (χ1n) is 0. The van der Waals surface area contributed by atoms with E-state index >= 15 is 0 Å². The molecule has 0 aromatic heterocycles. The molecule has 0 fully saturated rings. The Labute approximate surface area is 57.3 Å². The van der Waals surface area contributed by atoms with E-state index in [-0.39, 0.29) is 57.6 Å². The zero-order valence-corrected chi connectivity index (χ0v) is 5.24. The standard InChI is InChI=1S/Cu.Na.2H2O/h;;2*1H2. The maximum atomic E-state index is 0. The normalized spacial score (nSPS) is 0. The molecule has 0 heterocycles. The monoisotopic (exact) mass is 122 g/mol. The quantitative estimate of drug-likeness (QED) is 0.333. The molecular formula is H4CuNaO2. The zero-order valence-electron chi connectivity index (χ0n) is 2.30. The third-order valence-electron chi connectivity index (χ3n) is 0. The van der Waals surface area contributed by atoms with Gasteiger partial charge in [-0.05, 0) is 0 Å². The second-order valence-corrected chi connectivity index (χ2v) is 0. The van der Waals surface area contributed by atoms with Crippen molar-refractivity contribution in [3.63, 3.8) is 0 Å². The number of rotatable bonds is 0. The minimum absolute atomic E-state index is 0. The maximum absolute atomic E-state index is 0. The molecule has 0 aromatic rings. The Kier molecular flexibility index (Phi) is 328. The van der Waals surface area contributed by atoms with E-state index in [1.54, 1.807) is 0 Å². The van der Waals surface area contributed by atoms with Crippen molar-refractivity contribution in [2.45, 2.75) is 0 Å². The van der Waals surface area contributed by atoms with Crippen molar-refractivity contribution in [3.05, 3.63) is 0 Å². The van der Waals surface area contributed by atoms with Crippen LogP contribution in [0.2, 0.25) is 0 Å². The van der Waals surface area contributed by atoms with Crippen LogP contribution in [0.1, 0.15) is 0 Å². The fourth-order valence-electron chi connectivity index (χ4n) is 0. The molecule has 0 atom stereocenters. The molecule has 0 aliphatic rings.